The van der Waals surface area contributed by atoms with Crippen LogP contribution < -0.4 is 0 Å². The highest BCUT2D eigenvalue weighted by atomic mass is 16.7. The van der Waals surface area contributed by atoms with E-state index in [1.54, 1.807) is 0 Å². The Morgan fingerprint density at radius 1 is 0.955 bits per heavy atom. The van der Waals surface area contributed by atoms with E-state index in [9.17, 15) is 15.3 Å². The number of aliphatic hydroxyl groups excluding tert-OH is 3. The minimum atomic E-state index is -1.31. The maximum absolute atomic E-state index is 9.97. The molecule has 1 aliphatic heterocycles. The predicted octanol–water partition coefficient (Wildman–Crippen LogP) is 0.919. The van der Waals surface area contributed by atoms with Crippen LogP contribution in [0.5, 0.6) is 0 Å². The highest BCUT2D eigenvalue weighted by molar-refractivity contribution is 4.89. The summed E-state index contributed by atoms with van der Waals surface area (Å²) in [5, 5.41) is 29.5. The Kier molecular flexibility index (Phi) is 6.80. The average molecular weight is 320 g/mol. The van der Waals surface area contributed by atoms with Crippen LogP contribution in [0, 0.1) is 10.8 Å². The molecule has 0 radical (unpaired) electrons. The molecule has 0 aliphatic carbocycles. The van der Waals surface area contributed by atoms with E-state index in [1.807, 2.05) is 0 Å². The second-order valence-corrected chi connectivity index (χ2v) is 8.17. The van der Waals surface area contributed by atoms with E-state index in [1.165, 1.54) is 7.11 Å². The van der Waals surface area contributed by atoms with Gasteiger partial charge in [-0.25, -0.2) is 0 Å². The smallest absolute Gasteiger partial charge is 0.186 e. The van der Waals surface area contributed by atoms with Gasteiger partial charge in [-0.1, -0.05) is 34.6 Å². The third-order valence-corrected chi connectivity index (χ3v) is 3.68. The van der Waals surface area contributed by atoms with Crippen LogP contribution in [0.1, 0.15) is 41.0 Å². The second kappa shape index (κ2) is 7.55. The van der Waals surface area contributed by atoms with Crippen LogP contribution in [0.4, 0.5) is 0 Å². The number of hydrogen-bond acceptors (Lipinski definition) is 6. The fourth-order valence-electron chi connectivity index (χ4n) is 3.19. The molecular weight excluding hydrogens is 288 g/mol. The first kappa shape index (κ1) is 19.8. The summed E-state index contributed by atoms with van der Waals surface area (Å²) in [7, 11) is 1.38. The van der Waals surface area contributed by atoms with Gasteiger partial charge in [-0.2, -0.15) is 0 Å². The zero-order chi connectivity index (χ0) is 17.1. The molecule has 0 bridgehead atoms. The van der Waals surface area contributed by atoms with Crippen molar-refractivity contribution in [2.75, 3.05) is 20.3 Å². The largest absolute Gasteiger partial charge is 0.387 e. The van der Waals surface area contributed by atoms with Gasteiger partial charge in [0.05, 0.1) is 13.2 Å². The fraction of sp³-hybridized carbons (Fsp3) is 1.00. The van der Waals surface area contributed by atoms with Crippen molar-refractivity contribution in [1.29, 1.82) is 0 Å². The lowest BCUT2D eigenvalue weighted by molar-refractivity contribution is -0.297. The van der Waals surface area contributed by atoms with Crippen LogP contribution in [-0.4, -0.2) is 66.3 Å². The first-order chi connectivity index (χ1) is 9.97. The molecule has 6 nitrogen and oxygen atoms in total. The van der Waals surface area contributed by atoms with Gasteiger partial charge in [0, 0.05) is 7.11 Å². The lowest BCUT2D eigenvalue weighted by Crippen LogP contribution is -2.59. The topological polar surface area (TPSA) is 88.4 Å². The van der Waals surface area contributed by atoms with Gasteiger partial charge in [-0.15, -0.1) is 0 Å². The molecule has 0 spiro atoms. The van der Waals surface area contributed by atoms with Gasteiger partial charge >= 0.3 is 0 Å². The molecule has 0 amide bonds. The molecule has 1 fully saturated rings. The average Bonchev–Trinajstić information content (AvgIpc) is 2.36. The minimum absolute atomic E-state index is 0.00332. The van der Waals surface area contributed by atoms with Crippen molar-refractivity contribution in [2.45, 2.75) is 71.7 Å². The van der Waals surface area contributed by atoms with Gasteiger partial charge in [0.25, 0.3) is 0 Å². The van der Waals surface area contributed by atoms with E-state index in [2.05, 4.69) is 34.6 Å². The summed E-state index contributed by atoms with van der Waals surface area (Å²) in [6.45, 7) is 11.5. The third-order valence-electron chi connectivity index (χ3n) is 3.68. The molecule has 0 aromatic rings. The highest BCUT2D eigenvalue weighted by Gasteiger charge is 2.44. The van der Waals surface area contributed by atoms with Crippen LogP contribution >= 0.6 is 0 Å². The monoisotopic (exact) mass is 320 g/mol. The number of aliphatic hydroxyl groups is 3. The minimum Gasteiger partial charge on any atom is -0.387 e. The normalized spacial score (nSPS) is 34.0. The quantitative estimate of drug-likeness (QED) is 0.674. The van der Waals surface area contributed by atoms with Crippen molar-refractivity contribution >= 4 is 0 Å². The maximum atomic E-state index is 9.97. The molecule has 5 atom stereocenters. The first-order valence-corrected chi connectivity index (χ1v) is 7.77. The van der Waals surface area contributed by atoms with Gasteiger partial charge < -0.3 is 29.5 Å². The predicted molar refractivity (Wildman–Crippen MR) is 82.4 cm³/mol. The van der Waals surface area contributed by atoms with Crippen molar-refractivity contribution in [1.82, 2.24) is 0 Å². The molecule has 1 saturated heterocycles. The molecule has 1 rings (SSSR count). The standard InChI is InChI=1S/C16H32O6/c1-15(2,3)8-16(4,5)9-21-7-10-11(17)12(18)13(19)14(20-6)22-10/h10-14,17-19H,7-9H2,1-6H3/t10?,11-,12?,13?,14+/m1/s1. The summed E-state index contributed by atoms with van der Waals surface area (Å²) >= 11 is 0. The maximum Gasteiger partial charge on any atom is 0.186 e. The first-order valence-electron chi connectivity index (χ1n) is 7.77. The Balaban J connectivity index is 2.50. The Morgan fingerprint density at radius 3 is 2.05 bits per heavy atom. The van der Waals surface area contributed by atoms with Gasteiger partial charge in [0.1, 0.15) is 24.4 Å². The van der Waals surface area contributed by atoms with E-state index in [0.717, 1.165) is 6.42 Å². The molecule has 3 unspecified atom stereocenters. The van der Waals surface area contributed by atoms with Crippen molar-refractivity contribution in [3.05, 3.63) is 0 Å². The molecule has 3 N–H and O–H groups in total. The SMILES string of the molecule is CO[C@H]1OC(COCC(C)(C)CC(C)(C)C)[C@@H](O)C(O)C1O. The summed E-state index contributed by atoms with van der Waals surface area (Å²) in [4.78, 5) is 0. The molecule has 6 heteroatoms. The van der Waals surface area contributed by atoms with Gasteiger partial charge in [0.2, 0.25) is 0 Å². The highest BCUT2D eigenvalue weighted by Crippen LogP contribution is 2.33. The van der Waals surface area contributed by atoms with E-state index >= 15 is 0 Å². The van der Waals surface area contributed by atoms with Crippen molar-refractivity contribution in [2.24, 2.45) is 10.8 Å². The molecule has 0 aromatic carbocycles. The van der Waals surface area contributed by atoms with E-state index < -0.39 is 30.7 Å². The molecule has 132 valence electrons. The lowest BCUT2D eigenvalue weighted by atomic mass is 9.77. The zero-order valence-electron chi connectivity index (χ0n) is 14.6. The fourth-order valence-corrected chi connectivity index (χ4v) is 3.19. The molecule has 1 heterocycles. The number of ether oxygens (including phenoxy) is 3. The Hall–Kier alpha value is -0.240. The summed E-state index contributed by atoms with van der Waals surface area (Å²) in [5.74, 6) is 0. The molecule has 0 saturated carbocycles. The molecular formula is C16H32O6. The third kappa shape index (κ3) is 5.76. The molecule has 0 aromatic heterocycles. The van der Waals surface area contributed by atoms with Crippen LogP contribution in [0.2, 0.25) is 0 Å². The zero-order valence-corrected chi connectivity index (χ0v) is 14.6. The molecule has 22 heavy (non-hydrogen) atoms. The van der Waals surface area contributed by atoms with Crippen molar-refractivity contribution < 1.29 is 29.5 Å². The van der Waals surface area contributed by atoms with E-state index in [0.29, 0.717) is 6.61 Å². The van der Waals surface area contributed by atoms with E-state index in [4.69, 9.17) is 14.2 Å². The van der Waals surface area contributed by atoms with Crippen LogP contribution in [-0.2, 0) is 14.2 Å². The summed E-state index contributed by atoms with van der Waals surface area (Å²) in [6.07, 6.45) is -4.48. The van der Waals surface area contributed by atoms with Crippen LogP contribution in [0.25, 0.3) is 0 Å². The van der Waals surface area contributed by atoms with Crippen molar-refractivity contribution in [3.8, 4) is 0 Å². The summed E-state index contributed by atoms with van der Waals surface area (Å²) < 4.78 is 16.1. The van der Waals surface area contributed by atoms with Crippen LogP contribution in [0.3, 0.4) is 0 Å². The molecule has 1 aliphatic rings. The lowest BCUT2D eigenvalue weighted by Gasteiger charge is -2.40. The number of hydrogen-bond donors (Lipinski definition) is 3. The number of rotatable bonds is 6. The Labute approximate surface area is 133 Å². The van der Waals surface area contributed by atoms with Gasteiger partial charge in [-0.05, 0) is 17.3 Å². The van der Waals surface area contributed by atoms with Crippen LogP contribution in [0.15, 0.2) is 0 Å². The summed E-state index contributed by atoms with van der Waals surface area (Å²) in [5.41, 5.74) is 0.200. The number of methoxy groups -OCH3 is 1. The van der Waals surface area contributed by atoms with Gasteiger partial charge in [0.15, 0.2) is 6.29 Å². The Bertz CT molecular complexity index is 336. The van der Waals surface area contributed by atoms with Gasteiger partial charge in [-0.3, -0.25) is 0 Å². The van der Waals surface area contributed by atoms with Crippen molar-refractivity contribution in [3.63, 3.8) is 0 Å². The second-order valence-electron chi connectivity index (χ2n) is 8.17. The Morgan fingerprint density at radius 2 is 1.55 bits per heavy atom. The van der Waals surface area contributed by atoms with E-state index in [-0.39, 0.29) is 17.4 Å². The summed E-state index contributed by atoms with van der Waals surface area (Å²) in [6, 6.07) is 0.